The molecule has 6 nitrogen and oxygen atoms in total. The molecule has 0 fully saturated rings. The van der Waals surface area contributed by atoms with Gasteiger partial charge in [-0.1, -0.05) is 61.3 Å². The highest BCUT2D eigenvalue weighted by atomic mass is 35.5. The molecule has 0 spiro atoms. The van der Waals surface area contributed by atoms with Crippen molar-refractivity contribution in [2.24, 2.45) is 0 Å². The third-order valence-electron chi connectivity index (χ3n) is 7.14. The Labute approximate surface area is 224 Å². The predicted molar refractivity (Wildman–Crippen MR) is 148 cm³/mol. The van der Waals surface area contributed by atoms with Gasteiger partial charge in [-0.15, -0.1) is 0 Å². The highest BCUT2D eigenvalue weighted by molar-refractivity contribution is 7.92. The van der Waals surface area contributed by atoms with Gasteiger partial charge in [0.25, 0.3) is 10.0 Å². The molecule has 4 rings (SSSR count). The summed E-state index contributed by atoms with van der Waals surface area (Å²) in [5.41, 5.74) is 2.50. The fourth-order valence-electron chi connectivity index (χ4n) is 4.84. The minimum absolute atomic E-state index is 0.118. The van der Waals surface area contributed by atoms with E-state index in [1.807, 2.05) is 31.2 Å². The van der Waals surface area contributed by atoms with Crippen LogP contribution in [0.1, 0.15) is 55.8 Å². The number of carbonyl (C=O) groups is 1. The van der Waals surface area contributed by atoms with Gasteiger partial charge in [-0.05, 0) is 68.7 Å². The van der Waals surface area contributed by atoms with E-state index in [0.717, 1.165) is 34.0 Å². The van der Waals surface area contributed by atoms with Crippen LogP contribution in [0.2, 0.25) is 5.02 Å². The number of nitrogens with zero attached hydrogens (tertiary/aromatic N) is 1. The molecule has 0 aromatic heterocycles. The first kappa shape index (κ1) is 27.0. The van der Waals surface area contributed by atoms with Gasteiger partial charge in [0.15, 0.2) is 0 Å². The van der Waals surface area contributed by atoms with Gasteiger partial charge in [-0.25, -0.2) is 8.42 Å². The number of nitrogens with one attached hydrogen (secondary N) is 1. The molecule has 3 aromatic carbocycles. The first-order chi connectivity index (χ1) is 17.6. The molecule has 1 heterocycles. The number of halogens is 1. The standard InChI is InChI=1S/C29H33ClN2O4S/c1-5-29(6-2)18-25(24-9-7-8-10-27(24)36-29)31-28(33)19-32(26-16-13-22(30)17-21(26)4)37(34,35)23-14-11-20(3)12-15-23/h7-17,25H,5-6,18-19H2,1-4H3,(H,31,33). The molecule has 0 saturated heterocycles. The Morgan fingerprint density at radius 2 is 1.73 bits per heavy atom. The van der Waals surface area contributed by atoms with Gasteiger partial charge in [0, 0.05) is 17.0 Å². The van der Waals surface area contributed by atoms with E-state index in [1.54, 1.807) is 49.4 Å². The molecule has 0 radical (unpaired) electrons. The Morgan fingerprint density at radius 1 is 1.05 bits per heavy atom. The van der Waals surface area contributed by atoms with Crippen LogP contribution in [-0.4, -0.2) is 26.5 Å². The zero-order valence-corrected chi connectivity index (χ0v) is 23.2. The topological polar surface area (TPSA) is 75.7 Å². The van der Waals surface area contributed by atoms with Gasteiger partial charge >= 0.3 is 0 Å². The van der Waals surface area contributed by atoms with E-state index in [2.05, 4.69) is 19.2 Å². The molecule has 8 heteroatoms. The Bertz CT molecular complexity index is 1390. The summed E-state index contributed by atoms with van der Waals surface area (Å²) in [4.78, 5) is 13.6. The van der Waals surface area contributed by atoms with Gasteiger partial charge in [-0.3, -0.25) is 9.10 Å². The summed E-state index contributed by atoms with van der Waals surface area (Å²) in [6.45, 7) is 7.46. The molecule has 1 aliphatic rings. The quantitative estimate of drug-likeness (QED) is 0.361. The van der Waals surface area contributed by atoms with Crippen molar-refractivity contribution in [1.82, 2.24) is 5.32 Å². The number of para-hydroxylation sites is 1. The van der Waals surface area contributed by atoms with E-state index in [4.69, 9.17) is 16.3 Å². The minimum atomic E-state index is -4.03. The fraction of sp³-hybridized carbons (Fsp3) is 0.345. The maximum Gasteiger partial charge on any atom is 0.264 e. The molecule has 3 aromatic rings. The Hall–Kier alpha value is -3.03. The zero-order valence-electron chi connectivity index (χ0n) is 21.6. The van der Waals surface area contributed by atoms with E-state index >= 15 is 0 Å². The lowest BCUT2D eigenvalue weighted by Crippen LogP contribution is -2.47. The van der Waals surface area contributed by atoms with Crippen molar-refractivity contribution in [1.29, 1.82) is 0 Å². The molecular formula is C29H33ClN2O4S. The van der Waals surface area contributed by atoms with Crippen molar-refractivity contribution in [3.8, 4) is 5.75 Å². The van der Waals surface area contributed by atoms with Gasteiger partial charge in [-0.2, -0.15) is 0 Å². The number of benzene rings is 3. The molecule has 1 N–H and O–H groups in total. The summed E-state index contributed by atoms with van der Waals surface area (Å²) >= 11 is 6.15. The lowest BCUT2D eigenvalue weighted by atomic mass is 9.83. The number of carbonyl (C=O) groups excluding carboxylic acids is 1. The number of anilines is 1. The molecule has 1 atom stereocenters. The molecule has 1 amide bonds. The second-order valence-corrected chi connectivity index (χ2v) is 11.9. The highest BCUT2D eigenvalue weighted by Crippen LogP contribution is 2.42. The van der Waals surface area contributed by atoms with Gasteiger partial charge in [0.1, 0.15) is 17.9 Å². The van der Waals surface area contributed by atoms with E-state index in [1.165, 1.54) is 0 Å². The largest absolute Gasteiger partial charge is 0.487 e. The maximum absolute atomic E-state index is 13.8. The van der Waals surface area contributed by atoms with Crippen LogP contribution in [0.5, 0.6) is 5.75 Å². The lowest BCUT2D eigenvalue weighted by molar-refractivity contribution is -0.121. The minimum Gasteiger partial charge on any atom is -0.487 e. The van der Waals surface area contributed by atoms with Gasteiger partial charge in [0.05, 0.1) is 16.6 Å². The van der Waals surface area contributed by atoms with Crippen molar-refractivity contribution in [3.05, 3.63) is 88.4 Å². The molecule has 0 aliphatic carbocycles. The summed E-state index contributed by atoms with van der Waals surface area (Å²) < 4.78 is 35.1. The Morgan fingerprint density at radius 3 is 2.38 bits per heavy atom. The van der Waals surface area contributed by atoms with Crippen molar-refractivity contribution in [2.45, 2.75) is 63.5 Å². The molecule has 1 unspecified atom stereocenters. The Kier molecular flexibility index (Phi) is 7.85. The average Bonchev–Trinajstić information content (AvgIpc) is 2.87. The summed E-state index contributed by atoms with van der Waals surface area (Å²) in [6.07, 6.45) is 2.19. The number of hydrogen-bond acceptors (Lipinski definition) is 4. The summed E-state index contributed by atoms with van der Waals surface area (Å²) in [7, 11) is -4.03. The van der Waals surface area contributed by atoms with Crippen LogP contribution < -0.4 is 14.4 Å². The van der Waals surface area contributed by atoms with Crippen LogP contribution in [0.3, 0.4) is 0 Å². The van der Waals surface area contributed by atoms with Crippen LogP contribution in [0.25, 0.3) is 0 Å². The number of aryl methyl sites for hydroxylation is 2. The first-order valence-electron chi connectivity index (χ1n) is 12.5. The number of sulfonamides is 1. The number of hydrogen-bond donors (Lipinski definition) is 1. The number of fused-ring (bicyclic) bond motifs is 1. The monoisotopic (exact) mass is 540 g/mol. The van der Waals surface area contributed by atoms with E-state index in [-0.39, 0.29) is 17.5 Å². The zero-order chi connectivity index (χ0) is 26.8. The van der Waals surface area contributed by atoms with Crippen LogP contribution in [0, 0.1) is 13.8 Å². The van der Waals surface area contributed by atoms with Crippen LogP contribution in [0.15, 0.2) is 71.6 Å². The fourth-order valence-corrected chi connectivity index (χ4v) is 6.55. The van der Waals surface area contributed by atoms with Crippen LogP contribution in [0.4, 0.5) is 5.69 Å². The molecule has 0 saturated carbocycles. The number of rotatable bonds is 8. The summed E-state index contributed by atoms with van der Waals surface area (Å²) in [6, 6.07) is 19.0. The lowest BCUT2D eigenvalue weighted by Gasteiger charge is -2.41. The maximum atomic E-state index is 13.8. The highest BCUT2D eigenvalue weighted by Gasteiger charge is 2.39. The summed E-state index contributed by atoms with van der Waals surface area (Å²) in [5.74, 6) is 0.355. The molecular weight excluding hydrogens is 508 g/mol. The van der Waals surface area contributed by atoms with E-state index < -0.39 is 21.5 Å². The van der Waals surface area contributed by atoms with Gasteiger partial charge < -0.3 is 10.1 Å². The first-order valence-corrected chi connectivity index (χ1v) is 14.3. The predicted octanol–water partition coefficient (Wildman–Crippen LogP) is 6.35. The Balaban J connectivity index is 1.68. The number of amides is 1. The van der Waals surface area contributed by atoms with Crippen molar-refractivity contribution in [2.75, 3.05) is 10.8 Å². The molecule has 37 heavy (non-hydrogen) atoms. The van der Waals surface area contributed by atoms with Crippen molar-refractivity contribution < 1.29 is 17.9 Å². The molecule has 0 bridgehead atoms. The van der Waals surface area contributed by atoms with Crippen LogP contribution >= 0.6 is 11.6 Å². The second kappa shape index (κ2) is 10.8. The van der Waals surface area contributed by atoms with E-state index in [0.29, 0.717) is 22.7 Å². The SMILES string of the molecule is CCC1(CC)CC(NC(=O)CN(c2ccc(Cl)cc2C)S(=O)(=O)c2ccc(C)cc2)c2ccccc2O1. The van der Waals surface area contributed by atoms with Crippen molar-refractivity contribution in [3.63, 3.8) is 0 Å². The van der Waals surface area contributed by atoms with Crippen molar-refractivity contribution >= 4 is 33.2 Å². The smallest absolute Gasteiger partial charge is 0.264 e. The third-order valence-corrected chi connectivity index (χ3v) is 9.15. The third kappa shape index (κ3) is 5.63. The normalized spacial score (nSPS) is 16.4. The second-order valence-electron chi connectivity index (χ2n) is 9.61. The summed E-state index contributed by atoms with van der Waals surface area (Å²) in [5, 5.41) is 3.60. The molecule has 196 valence electrons. The van der Waals surface area contributed by atoms with Gasteiger partial charge in [0.2, 0.25) is 5.91 Å². The number of ether oxygens (including phenoxy) is 1. The molecule has 1 aliphatic heterocycles. The van der Waals surface area contributed by atoms with Crippen LogP contribution in [-0.2, 0) is 14.8 Å². The average molecular weight is 541 g/mol. The van der Waals surface area contributed by atoms with E-state index in [9.17, 15) is 13.2 Å².